The highest BCUT2D eigenvalue weighted by Crippen LogP contribution is 2.28. The molecule has 1 amide bonds. The minimum Gasteiger partial charge on any atom is -0.490 e. The summed E-state index contributed by atoms with van der Waals surface area (Å²) in [6, 6.07) is 11.8. The molecule has 0 saturated carbocycles. The molecule has 0 aliphatic carbocycles. The molecule has 2 N–H and O–H groups in total. The van der Waals surface area contributed by atoms with Gasteiger partial charge in [-0.3, -0.25) is 10.2 Å². The van der Waals surface area contributed by atoms with Crippen LogP contribution in [0.1, 0.15) is 42.1 Å². The van der Waals surface area contributed by atoms with Crippen molar-refractivity contribution in [3.05, 3.63) is 53.6 Å². The first-order valence-electron chi connectivity index (χ1n) is 10.4. The first kappa shape index (κ1) is 22.1. The summed E-state index contributed by atoms with van der Waals surface area (Å²) >= 11 is 0. The Hall–Kier alpha value is -3.55. The van der Waals surface area contributed by atoms with Crippen molar-refractivity contribution in [3.63, 3.8) is 0 Å². The zero-order valence-electron chi connectivity index (χ0n) is 17.5. The fraction of sp³-hybridized carbons (Fsp3) is 0.348. The van der Waals surface area contributed by atoms with Crippen molar-refractivity contribution < 1.29 is 24.2 Å². The third-order valence-corrected chi connectivity index (χ3v) is 4.88. The number of hydrazone groups is 1. The van der Waals surface area contributed by atoms with E-state index < -0.39 is 5.97 Å². The van der Waals surface area contributed by atoms with E-state index in [1.165, 1.54) is 12.5 Å². The summed E-state index contributed by atoms with van der Waals surface area (Å²) in [7, 11) is 0. The average molecular weight is 425 g/mol. The number of anilines is 1. The molecule has 0 atom stereocenters. The van der Waals surface area contributed by atoms with Crippen molar-refractivity contribution in [2.75, 3.05) is 31.7 Å². The maximum atomic E-state index is 12.3. The topological polar surface area (TPSA) is 100 Å². The number of ether oxygens (including phenoxy) is 2. The standard InChI is InChI=1S/C23H27N3O5/c1-2-30-21-14-17(15-24-25-19-9-5-4-8-18(19)23(28)29)10-11-20(21)31-16-22(27)26-12-6-3-7-13-26/h4-5,8-11,14-15,25H,2-3,6-7,12-13,16H2,1H3,(H,28,29)/b24-15+. The molecule has 8 nitrogen and oxygen atoms in total. The minimum atomic E-state index is -1.03. The Labute approximate surface area is 181 Å². The van der Waals surface area contributed by atoms with Gasteiger partial charge in [-0.1, -0.05) is 12.1 Å². The molecule has 0 aromatic heterocycles. The van der Waals surface area contributed by atoms with Gasteiger partial charge in [0.2, 0.25) is 0 Å². The summed E-state index contributed by atoms with van der Waals surface area (Å²) in [5, 5.41) is 13.4. The fourth-order valence-corrected chi connectivity index (χ4v) is 3.31. The number of piperidine rings is 1. The van der Waals surface area contributed by atoms with Crippen molar-refractivity contribution in [2.45, 2.75) is 26.2 Å². The van der Waals surface area contributed by atoms with Gasteiger partial charge in [0.1, 0.15) is 0 Å². The Morgan fingerprint density at radius 1 is 1.10 bits per heavy atom. The summed E-state index contributed by atoms with van der Waals surface area (Å²) < 4.78 is 11.4. The second kappa shape index (κ2) is 11.0. The number of aromatic carboxylic acids is 1. The number of carbonyl (C=O) groups is 2. The van der Waals surface area contributed by atoms with Gasteiger partial charge in [0.25, 0.3) is 5.91 Å². The highest BCUT2D eigenvalue weighted by atomic mass is 16.5. The van der Waals surface area contributed by atoms with Crippen LogP contribution in [-0.2, 0) is 4.79 Å². The smallest absolute Gasteiger partial charge is 0.337 e. The predicted molar refractivity (Wildman–Crippen MR) is 118 cm³/mol. The largest absolute Gasteiger partial charge is 0.490 e. The minimum absolute atomic E-state index is 0.0194. The van der Waals surface area contributed by atoms with Gasteiger partial charge in [-0.05, 0) is 62.1 Å². The summed E-state index contributed by atoms with van der Waals surface area (Å²) in [4.78, 5) is 25.5. The van der Waals surface area contributed by atoms with Crippen LogP contribution in [0.3, 0.4) is 0 Å². The quantitative estimate of drug-likeness (QED) is 0.470. The molecule has 1 saturated heterocycles. The summed E-state index contributed by atoms with van der Waals surface area (Å²) in [5.74, 6) is -0.0380. The lowest BCUT2D eigenvalue weighted by molar-refractivity contribution is -0.134. The third kappa shape index (κ3) is 6.21. The van der Waals surface area contributed by atoms with Crippen LogP contribution in [0.4, 0.5) is 5.69 Å². The number of carboxylic acids is 1. The van der Waals surface area contributed by atoms with Crippen molar-refractivity contribution >= 4 is 23.8 Å². The first-order valence-corrected chi connectivity index (χ1v) is 10.4. The van der Waals surface area contributed by atoms with E-state index in [4.69, 9.17) is 9.47 Å². The normalized spacial score (nSPS) is 13.8. The number of para-hydroxylation sites is 1. The van der Waals surface area contributed by atoms with Crippen LogP contribution in [-0.4, -0.2) is 54.4 Å². The van der Waals surface area contributed by atoms with Crippen LogP contribution in [0.15, 0.2) is 47.6 Å². The molecule has 0 unspecified atom stereocenters. The predicted octanol–water partition coefficient (Wildman–Crippen LogP) is 3.62. The van der Waals surface area contributed by atoms with Crippen molar-refractivity contribution in [1.82, 2.24) is 4.90 Å². The summed E-state index contributed by atoms with van der Waals surface area (Å²) in [5.41, 5.74) is 4.02. The van der Waals surface area contributed by atoms with Gasteiger partial charge in [0, 0.05) is 13.1 Å². The van der Waals surface area contributed by atoms with E-state index in [1.807, 2.05) is 11.8 Å². The molecule has 2 aromatic rings. The number of benzene rings is 2. The lowest BCUT2D eigenvalue weighted by Gasteiger charge is -2.26. The van der Waals surface area contributed by atoms with Gasteiger partial charge < -0.3 is 19.5 Å². The van der Waals surface area contributed by atoms with Gasteiger partial charge in [-0.2, -0.15) is 5.10 Å². The Bertz CT molecular complexity index is 939. The molecule has 31 heavy (non-hydrogen) atoms. The van der Waals surface area contributed by atoms with Gasteiger partial charge in [0.15, 0.2) is 18.1 Å². The highest BCUT2D eigenvalue weighted by Gasteiger charge is 2.17. The maximum absolute atomic E-state index is 12.3. The van der Waals surface area contributed by atoms with Gasteiger partial charge in [-0.25, -0.2) is 4.79 Å². The van der Waals surface area contributed by atoms with Gasteiger partial charge in [-0.15, -0.1) is 0 Å². The van der Waals surface area contributed by atoms with Crippen LogP contribution in [0.25, 0.3) is 0 Å². The van der Waals surface area contributed by atoms with E-state index in [0.717, 1.165) is 31.5 Å². The third-order valence-electron chi connectivity index (χ3n) is 4.88. The molecule has 3 rings (SSSR count). The number of amides is 1. The number of hydrogen-bond acceptors (Lipinski definition) is 6. The molecule has 0 bridgehead atoms. The van der Waals surface area contributed by atoms with E-state index in [1.54, 1.807) is 42.6 Å². The van der Waals surface area contributed by atoms with Crippen LogP contribution in [0, 0.1) is 0 Å². The zero-order valence-corrected chi connectivity index (χ0v) is 17.5. The second-order valence-electron chi connectivity index (χ2n) is 7.09. The monoisotopic (exact) mass is 425 g/mol. The average Bonchev–Trinajstić information content (AvgIpc) is 2.79. The SMILES string of the molecule is CCOc1cc(/C=N/Nc2ccccc2C(=O)O)ccc1OCC(=O)N1CCCCC1. The molecule has 164 valence electrons. The van der Waals surface area contributed by atoms with E-state index in [0.29, 0.717) is 23.8 Å². The van der Waals surface area contributed by atoms with Crippen molar-refractivity contribution in [3.8, 4) is 11.5 Å². The Morgan fingerprint density at radius 3 is 2.61 bits per heavy atom. The molecule has 0 radical (unpaired) electrons. The molecular formula is C23H27N3O5. The Morgan fingerprint density at radius 2 is 1.87 bits per heavy atom. The number of carboxylic acid groups (broad SMARTS) is 1. The van der Waals surface area contributed by atoms with Crippen LogP contribution in [0.5, 0.6) is 11.5 Å². The van der Waals surface area contributed by atoms with E-state index >= 15 is 0 Å². The first-order chi connectivity index (χ1) is 15.1. The number of likely N-dealkylation sites (tertiary alicyclic amines) is 1. The van der Waals surface area contributed by atoms with Gasteiger partial charge in [0.05, 0.1) is 24.1 Å². The van der Waals surface area contributed by atoms with E-state index in [2.05, 4.69) is 10.5 Å². The number of rotatable bonds is 9. The molecule has 8 heteroatoms. The number of hydrogen-bond donors (Lipinski definition) is 2. The van der Waals surface area contributed by atoms with Crippen LogP contribution in [0.2, 0.25) is 0 Å². The van der Waals surface area contributed by atoms with Crippen molar-refractivity contribution in [2.24, 2.45) is 5.10 Å². The molecule has 0 spiro atoms. The second-order valence-corrected chi connectivity index (χ2v) is 7.09. The fourth-order valence-electron chi connectivity index (χ4n) is 3.31. The van der Waals surface area contributed by atoms with E-state index in [9.17, 15) is 14.7 Å². The Kier molecular flexibility index (Phi) is 7.86. The van der Waals surface area contributed by atoms with E-state index in [-0.39, 0.29) is 18.1 Å². The van der Waals surface area contributed by atoms with Crippen LogP contribution < -0.4 is 14.9 Å². The van der Waals surface area contributed by atoms with Crippen LogP contribution >= 0.6 is 0 Å². The number of carbonyl (C=O) groups excluding carboxylic acids is 1. The molecular weight excluding hydrogens is 398 g/mol. The lowest BCUT2D eigenvalue weighted by Crippen LogP contribution is -2.38. The maximum Gasteiger partial charge on any atom is 0.337 e. The number of nitrogens with one attached hydrogen (secondary N) is 1. The van der Waals surface area contributed by atoms with Gasteiger partial charge >= 0.3 is 5.97 Å². The summed E-state index contributed by atoms with van der Waals surface area (Å²) in [6.07, 6.45) is 4.80. The number of nitrogens with zero attached hydrogens (tertiary/aromatic N) is 2. The highest BCUT2D eigenvalue weighted by molar-refractivity contribution is 5.94. The lowest BCUT2D eigenvalue weighted by atomic mass is 10.1. The molecule has 2 aromatic carbocycles. The molecule has 1 fully saturated rings. The summed E-state index contributed by atoms with van der Waals surface area (Å²) in [6.45, 7) is 3.86. The molecule has 1 aliphatic heterocycles. The Balaban J connectivity index is 1.65. The molecule has 1 heterocycles. The van der Waals surface area contributed by atoms with Crippen molar-refractivity contribution in [1.29, 1.82) is 0 Å². The zero-order chi connectivity index (χ0) is 22.1. The molecule has 1 aliphatic rings.